The number of hydrogen-bond donors (Lipinski definition) is 1. The molecule has 1 atom stereocenters. The fraction of sp³-hybridized carbons (Fsp3) is 0.500. The summed E-state index contributed by atoms with van der Waals surface area (Å²) in [6.07, 6.45) is 1.71. The molecule has 0 radical (unpaired) electrons. The van der Waals surface area contributed by atoms with Crippen molar-refractivity contribution in [2.45, 2.75) is 24.7 Å². The Morgan fingerprint density at radius 1 is 1.52 bits per heavy atom. The molecule has 0 amide bonds. The van der Waals surface area contributed by atoms with Crippen molar-refractivity contribution >= 4 is 27.2 Å². The third-order valence-corrected chi connectivity index (χ3v) is 5.68. The summed E-state index contributed by atoms with van der Waals surface area (Å²) in [4.78, 5) is 0.270. The maximum absolute atomic E-state index is 12.5. The largest absolute Gasteiger partial charge is 0.389 e. The number of benzene rings is 1. The molecule has 1 unspecified atom stereocenters. The van der Waals surface area contributed by atoms with Crippen LogP contribution in [-0.2, 0) is 20.5 Å². The third-order valence-electron chi connectivity index (χ3n) is 3.63. The summed E-state index contributed by atoms with van der Waals surface area (Å²) in [6, 6.07) is 7.06. The zero-order valence-electron chi connectivity index (χ0n) is 12.0. The van der Waals surface area contributed by atoms with Crippen LogP contribution in [0.1, 0.15) is 24.0 Å². The molecule has 0 spiro atoms. The van der Waals surface area contributed by atoms with Gasteiger partial charge in [0.05, 0.1) is 11.9 Å². The summed E-state index contributed by atoms with van der Waals surface area (Å²) >= 11 is 4.92. The van der Waals surface area contributed by atoms with Gasteiger partial charge in [0.15, 0.2) is 0 Å². The molecular weight excluding hydrogens is 308 g/mol. The van der Waals surface area contributed by atoms with Crippen molar-refractivity contribution in [1.29, 1.82) is 0 Å². The first-order valence-corrected chi connectivity index (χ1v) is 8.83. The molecule has 1 fully saturated rings. The highest BCUT2D eigenvalue weighted by Crippen LogP contribution is 2.19. The van der Waals surface area contributed by atoms with E-state index >= 15 is 0 Å². The van der Waals surface area contributed by atoms with Gasteiger partial charge in [-0.3, -0.25) is 0 Å². The van der Waals surface area contributed by atoms with E-state index in [1.165, 1.54) is 4.31 Å². The minimum Gasteiger partial charge on any atom is -0.389 e. The molecule has 116 valence electrons. The van der Waals surface area contributed by atoms with Gasteiger partial charge in [-0.25, -0.2) is 8.42 Å². The number of nitrogens with two attached hydrogens (primary N) is 1. The molecule has 1 aromatic carbocycles. The molecule has 7 heteroatoms. The molecule has 0 bridgehead atoms. The summed E-state index contributed by atoms with van der Waals surface area (Å²) in [6.45, 7) is 0.977. The van der Waals surface area contributed by atoms with Crippen LogP contribution in [0.25, 0.3) is 0 Å². The summed E-state index contributed by atoms with van der Waals surface area (Å²) in [5, 5.41) is 0. The van der Waals surface area contributed by atoms with E-state index in [-0.39, 0.29) is 16.8 Å². The number of piperidine rings is 1. The van der Waals surface area contributed by atoms with Crippen molar-refractivity contribution < 1.29 is 13.2 Å². The smallest absolute Gasteiger partial charge is 0.218 e. The van der Waals surface area contributed by atoms with E-state index in [0.717, 1.165) is 12.8 Å². The standard InChI is InChI=1S/C14H20N2O3S2/c1-19-13-6-3-7-16(9-13)21(17,18)10-11-4-2-5-12(8-11)14(15)20/h2,4-5,8,13H,3,6-7,9-10H2,1H3,(H2,15,20). The van der Waals surface area contributed by atoms with E-state index in [4.69, 9.17) is 22.7 Å². The average Bonchev–Trinajstić information content (AvgIpc) is 2.47. The predicted octanol–water partition coefficient (Wildman–Crippen LogP) is 1.26. The molecule has 1 aliphatic rings. The topological polar surface area (TPSA) is 72.6 Å². The Hall–Kier alpha value is -1.02. The number of sulfonamides is 1. The summed E-state index contributed by atoms with van der Waals surface area (Å²) in [7, 11) is -1.74. The fourth-order valence-corrected chi connectivity index (χ4v) is 4.18. The first-order chi connectivity index (χ1) is 9.92. The highest BCUT2D eigenvalue weighted by Gasteiger charge is 2.28. The quantitative estimate of drug-likeness (QED) is 0.824. The Bertz CT molecular complexity index is 616. The lowest BCUT2D eigenvalue weighted by Gasteiger charge is -2.31. The van der Waals surface area contributed by atoms with Crippen molar-refractivity contribution in [3.63, 3.8) is 0 Å². The zero-order valence-corrected chi connectivity index (χ0v) is 13.6. The van der Waals surface area contributed by atoms with Crippen molar-refractivity contribution in [1.82, 2.24) is 4.31 Å². The second kappa shape index (κ2) is 6.83. The maximum atomic E-state index is 12.5. The predicted molar refractivity (Wildman–Crippen MR) is 86.6 cm³/mol. The second-order valence-electron chi connectivity index (χ2n) is 5.18. The second-order valence-corrected chi connectivity index (χ2v) is 7.59. The van der Waals surface area contributed by atoms with Crippen LogP contribution in [0.2, 0.25) is 0 Å². The molecule has 2 N–H and O–H groups in total. The van der Waals surface area contributed by atoms with Gasteiger partial charge in [0, 0.05) is 25.8 Å². The zero-order chi connectivity index (χ0) is 15.5. The van der Waals surface area contributed by atoms with Gasteiger partial charge >= 0.3 is 0 Å². The van der Waals surface area contributed by atoms with Crippen LogP contribution >= 0.6 is 12.2 Å². The first-order valence-electron chi connectivity index (χ1n) is 6.82. The molecule has 0 aliphatic carbocycles. The maximum Gasteiger partial charge on any atom is 0.218 e. The molecule has 0 aromatic heterocycles. The van der Waals surface area contributed by atoms with Gasteiger partial charge in [0.1, 0.15) is 4.99 Å². The van der Waals surface area contributed by atoms with E-state index < -0.39 is 10.0 Å². The van der Waals surface area contributed by atoms with Crippen molar-refractivity contribution in [2.75, 3.05) is 20.2 Å². The molecule has 1 aliphatic heterocycles. The summed E-state index contributed by atoms with van der Waals surface area (Å²) in [5.74, 6) is -0.0418. The average molecular weight is 328 g/mol. The summed E-state index contributed by atoms with van der Waals surface area (Å²) in [5.41, 5.74) is 6.96. The van der Waals surface area contributed by atoms with Crippen molar-refractivity contribution in [3.05, 3.63) is 35.4 Å². The monoisotopic (exact) mass is 328 g/mol. The lowest BCUT2D eigenvalue weighted by Crippen LogP contribution is -2.43. The molecule has 1 saturated heterocycles. The van der Waals surface area contributed by atoms with Crippen LogP contribution in [0, 0.1) is 0 Å². The molecular formula is C14H20N2O3S2. The number of nitrogens with zero attached hydrogens (tertiary/aromatic N) is 1. The van der Waals surface area contributed by atoms with Gasteiger partial charge in [0.25, 0.3) is 0 Å². The Labute approximate surface area is 131 Å². The molecule has 2 rings (SSSR count). The van der Waals surface area contributed by atoms with Gasteiger partial charge in [-0.15, -0.1) is 0 Å². The number of hydrogen-bond acceptors (Lipinski definition) is 4. The number of ether oxygens (including phenoxy) is 1. The Morgan fingerprint density at radius 2 is 2.29 bits per heavy atom. The SMILES string of the molecule is COC1CCCN(S(=O)(=O)Cc2cccc(C(N)=S)c2)C1. The molecule has 1 aromatic rings. The Morgan fingerprint density at radius 3 is 2.95 bits per heavy atom. The Kier molecular flexibility index (Phi) is 5.32. The molecule has 5 nitrogen and oxygen atoms in total. The van der Waals surface area contributed by atoms with E-state index in [9.17, 15) is 8.42 Å². The fourth-order valence-electron chi connectivity index (χ4n) is 2.47. The van der Waals surface area contributed by atoms with Crippen LogP contribution in [-0.4, -0.2) is 44.0 Å². The normalized spacial score (nSPS) is 20.3. The van der Waals surface area contributed by atoms with E-state index in [0.29, 0.717) is 24.2 Å². The minimum absolute atomic E-state index is 0.0171. The van der Waals surface area contributed by atoms with Crippen molar-refractivity contribution in [3.8, 4) is 0 Å². The lowest BCUT2D eigenvalue weighted by molar-refractivity contribution is 0.0571. The van der Waals surface area contributed by atoms with E-state index in [2.05, 4.69) is 0 Å². The number of rotatable bonds is 5. The summed E-state index contributed by atoms with van der Waals surface area (Å²) < 4.78 is 31.8. The van der Waals surface area contributed by atoms with E-state index in [1.54, 1.807) is 31.4 Å². The van der Waals surface area contributed by atoms with E-state index in [1.807, 2.05) is 0 Å². The molecule has 0 saturated carbocycles. The highest BCUT2D eigenvalue weighted by atomic mass is 32.2. The number of thiocarbonyl (C=S) groups is 1. The van der Waals surface area contributed by atoms with Gasteiger partial charge in [0.2, 0.25) is 10.0 Å². The molecule has 21 heavy (non-hydrogen) atoms. The lowest BCUT2D eigenvalue weighted by atomic mass is 10.1. The van der Waals surface area contributed by atoms with Crippen LogP contribution < -0.4 is 5.73 Å². The van der Waals surface area contributed by atoms with Crippen LogP contribution in [0.3, 0.4) is 0 Å². The van der Waals surface area contributed by atoms with Gasteiger partial charge in [-0.2, -0.15) is 4.31 Å². The number of methoxy groups -OCH3 is 1. The third kappa shape index (κ3) is 4.23. The molecule has 1 heterocycles. The van der Waals surface area contributed by atoms with Crippen LogP contribution in [0.5, 0.6) is 0 Å². The van der Waals surface area contributed by atoms with Gasteiger partial charge in [-0.1, -0.05) is 30.4 Å². The van der Waals surface area contributed by atoms with Crippen LogP contribution in [0.4, 0.5) is 0 Å². The Balaban J connectivity index is 2.13. The van der Waals surface area contributed by atoms with Crippen LogP contribution in [0.15, 0.2) is 24.3 Å². The van der Waals surface area contributed by atoms with Gasteiger partial charge in [-0.05, 0) is 24.5 Å². The van der Waals surface area contributed by atoms with Crippen molar-refractivity contribution in [2.24, 2.45) is 5.73 Å². The van der Waals surface area contributed by atoms with Gasteiger partial charge < -0.3 is 10.5 Å². The minimum atomic E-state index is -3.35. The highest BCUT2D eigenvalue weighted by molar-refractivity contribution is 7.88. The first kappa shape index (κ1) is 16.4.